The van der Waals surface area contributed by atoms with E-state index in [1.165, 1.54) is 11.6 Å². The van der Waals surface area contributed by atoms with Crippen LogP contribution in [0.4, 0.5) is 4.39 Å². The fourth-order valence-corrected chi connectivity index (χ4v) is 2.06. The Morgan fingerprint density at radius 3 is 2.28 bits per heavy atom. The number of hydrogen-bond acceptors (Lipinski definition) is 1. The summed E-state index contributed by atoms with van der Waals surface area (Å²) in [5.41, 5.74) is 8.88. The van der Waals surface area contributed by atoms with Crippen molar-refractivity contribution in [3.05, 3.63) is 58.9 Å². The van der Waals surface area contributed by atoms with Gasteiger partial charge in [-0.2, -0.15) is 0 Å². The fraction of sp³-hybridized carbons (Fsp3) is 0.200. The van der Waals surface area contributed by atoms with Gasteiger partial charge in [-0.15, -0.1) is 0 Å². The second-order valence-electron chi connectivity index (χ2n) is 4.51. The van der Waals surface area contributed by atoms with E-state index in [9.17, 15) is 4.39 Å². The summed E-state index contributed by atoms with van der Waals surface area (Å²) in [5.74, 6) is -0.394. The molecule has 0 fully saturated rings. The molecule has 2 aromatic rings. The van der Waals surface area contributed by atoms with Crippen LogP contribution in [0.1, 0.15) is 12.5 Å². The van der Waals surface area contributed by atoms with Gasteiger partial charge in [0.2, 0.25) is 0 Å². The van der Waals surface area contributed by atoms with Crippen LogP contribution in [0.25, 0.3) is 11.1 Å². The van der Waals surface area contributed by atoms with Gasteiger partial charge in [0, 0.05) is 6.04 Å². The maximum absolute atomic E-state index is 13.1. The molecule has 0 aliphatic heterocycles. The van der Waals surface area contributed by atoms with E-state index >= 15 is 0 Å². The molecule has 0 amide bonds. The summed E-state index contributed by atoms with van der Waals surface area (Å²) >= 11 is 5.77. The van der Waals surface area contributed by atoms with Crippen LogP contribution >= 0.6 is 11.6 Å². The maximum atomic E-state index is 13.1. The molecular weight excluding hydrogens is 249 g/mol. The molecule has 0 saturated carbocycles. The van der Waals surface area contributed by atoms with Gasteiger partial charge in [-0.3, -0.25) is 0 Å². The van der Waals surface area contributed by atoms with E-state index in [1.807, 2.05) is 31.2 Å². The number of nitrogens with two attached hydrogens (primary N) is 1. The van der Waals surface area contributed by atoms with Crippen LogP contribution in [0, 0.1) is 5.82 Å². The number of rotatable bonds is 3. The van der Waals surface area contributed by atoms with Crippen molar-refractivity contribution < 1.29 is 4.39 Å². The van der Waals surface area contributed by atoms with E-state index in [0.29, 0.717) is 0 Å². The molecule has 0 aliphatic carbocycles. The van der Waals surface area contributed by atoms with Crippen molar-refractivity contribution >= 4 is 11.6 Å². The summed E-state index contributed by atoms with van der Waals surface area (Å²) in [6, 6.07) is 13.0. The zero-order valence-corrected chi connectivity index (χ0v) is 10.9. The van der Waals surface area contributed by atoms with E-state index in [0.717, 1.165) is 17.5 Å². The van der Waals surface area contributed by atoms with Gasteiger partial charge >= 0.3 is 0 Å². The lowest BCUT2D eigenvalue weighted by Crippen LogP contribution is -2.17. The standard InChI is InChI=1S/C15H15ClFN/c1-10(18)8-11-2-4-12(5-3-11)13-6-7-15(17)14(16)9-13/h2-7,9-10H,8,18H2,1H3. The molecule has 2 rings (SSSR count). The van der Waals surface area contributed by atoms with E-state index in [1.54, 1.807) is 12.1 Å². The average molecular weight is 264 g/mol. The summed E-state index contributed by atoms with van der Waals surface area (Å²) < 4.78 is 13.1. The highest BCUT2D eigenvalue weighted by molar-refractivity contribution is 6.31. The molecule has 1 unspecified atom stereocenters. The normalized spacial score (nSPS) is 12.4. The molecule has 0 radical (unpaired) electrons. The Balaban J connectivity index is 2.25. The summed E-state index contributed by atoms with van der Waals surface area (Å²) in [6.07, 6.45) is 0.852. The highest BCUT2D eigenvalue weighted by Crippen LogP contribution is 2.25. The van der Waals surface area contributed by atoms with Crippen molar-refractivity contribution in [3.8, 4) is 11.1 Å². The summed E-state index contributed by atoms with van der Waals surface area (Å²) in [4.78, 5) is 0. The zero-order valence-electron chi connectivity index (χ0n) is 10.2. The Bertz CT molecular complexity index is 535. The smallest absolute Gasteiger partial charge is 0.141 e. The van der Waals surface area contributed by atoms with Crippen LogP contribution < -0.4 is 5.73 Å². The molecule has 2 N–H and O–H groups in total. The summed E-state index contributed by atoms with van der Waals surface area (Å²) in [7, 11) is 0. The van der Waals surface area contributed by atoms with E-state index in [4.69, 9.17) is 17.3 Å². The molecule has 1 nitrogen and oxygen atoms in total. The highest BCUT2D eigenvalue weighted by Gasteiger charge is 2.04. The number of halogens is 2. The van der Waals surface area contributed by atoms with Crippen molar-refractivity contribution in [3.63, 3.8) is 0 Å². The quantitative estimate of drug-likeness (QED) is 0.889. The Kier molecular flexibility index (Phi) is 4.00. The average Bonchev–Trinajstić information content (AvgIpc) is 2.33. The summed E-state index contributed by atoms with van der Waals surface area (Å²) in [6.45, 7) is 1.98. The number of benzene rings is 2. The first-order valence-corrected chi connectivity index (χ1v) is 6.24. The first-order chi connectivity index (χ1) is 8.56. The Labute approximate surface area is 111 Å². The van der Waals surface area contributed by atoms with Gasteiger partial charge in [0.05, 0.1) is 5.02 Å². The van der Waals surface area contributed by atoms with Gasteiger partial charge < -0.3 is 5.73 Å². The van der Waals surface area contributed by atoms with Crippen LogP contribution in [0.15, 0.2) is 42.5 Å². The molecule has 2 aromatic carbocycles. The lowest BCUT2D eigenvalue weighted by molar-refractivity contribution is 0.628. The van der Waals surface area contributed by atoms with Crippen molar-refractivity contribution in [1.82, 2.24) is 0 Å². The van der Waals surface area contributed by atoms with Crippen molar-refractivity contribution in [1.29, 1.82) is 0 Å². The molecule has 0 heterocycles. The van der Waals surface area contributed by atoms with E-state index in [-0.39, 0.29) is 11.1 Å². The van der Waals surface area contributed by atoms with Crippen LogP contribution in [0.5, 0.6) is 0 Å². The monoisotopic (exact) mass is 263 g/mol. The SMILES string of the molecule is CC(N)Cc1ccc(-c2ccc(F)c(Cl)c2)cc1. The predicted octanol–water partition coefficient (Wildman–Crippen LogP) is 4.04. The largest absolute Gasteiger partial charge is 0.328 e. The first-order valence-electron chi connectivity index (χ1n) is 5.86. The number of hydrogen-bond donors (Lipinski definition) is 1. The molecule has 0 aromatic heterocycles. The van der Waals surface area contributed by atoms with Crippen LogP contribution in [0.2, 0.25) is 5.02 Å². The van der Waals surface area contributed by atoms with Gasteiger partial charge in [0.25, 0.3) is 0 Å². The molecular formula is C15H15ClFN. The minimum absolute atomic E-state index is 0.146. The van der Waals surface area contributed by atoms with Gasteiger partial charge in [-0.25, -0.2) is 4.39 Å². The van der Waals surface area contributed by atoms with Crippen molar-refractivity contribution in [2.24, 2.45) is 5.73 Å². The minimum Gasteiger partial charge on any atom is -0.328 e. The van der Waals surface area contributed by atoms with Crippen LogP contribution in [-0.2, 0) is 6.42 Å². The van der Waals surface area contributed by atoms with E-state index in [2.05, 4.69) is 0 Å². The second-order valence-corrected chi connectivity index (χ2v) is 4.91. The molecule has 18 heavy (non-hydrogen) atoms. The van der Waals surface area contributed by atoms with Crippen molar-refractivity contribution in [2.45, 2.75) is 19.4 Å². The Hall–Kier alpha value is -1.38. The molecule has 3 heteroatoms. The van der Waals surface area contributed by atoms with E-state index < -0.39 is 5.82 Å². The molecule has 0 aliphatic rings. The fourth-order valence-electron chi connectivity index (χ4n) is 1.88. The summed E-state index contributed by atoms with van der Waals surface area (Å²) in [5, 5.41) is 0.146. The zero-order chi connectivity index (χ0) is 13.1. The maximum Gasteiger partial charge on any atom is 0.141 e. The lowest BCUT2D eigenvalue weighted by Gasteiger charge is -2.07. The molecule has 1 atom stereocenters. The molecule has 94 valence electrons. The van der Waals surface area contributed by atoms with Gasteiger partial charge in [0.1, 0.15) is 5.82 Å². The predicted molar refractivity (Wildman–Crippen MR) is 74.2 cm³/mol. The molecule has 0 spiro atoms. The second kappa shape index (κ2) is 5.51. The Morgan fingerprint density at radius 1 is 1.11 bits per heavy atom. The van der Waals surface area contributed by atoms with Gasteiger partial charge in [-0.05, 0) is 42.2 Å². The third-order valence-corrected chi connectivity index (χ3v) is 3.05. The molecule has 0 saturated heterocycles. The Morgan fingerprint density at radius 2 is 1.72 bits per heavy atom. The third-order valence-electron chi connectivity index (χ3n) is 2.76. The molecule has 0 bridgehead atoms. The van der Waals surface area contributed by atoms with Crippen LogP contribution in [0.3, 0.4) is 0 Å². The third kappa shape index (κ3) is 3.09. The topological polar surface area (TPSA) is 26.0 Å². The van der Waals surface area contributed by atoms with Gasteiger partial charge in [-0.1, -0.05) is 41.9 Å². The lowest BCUT2D eigenvalue weighted by atomic mass is 10.0. The van der Waals surface area contributed by atoms with Crippen molar-refractivity contribution in [2.75, 3.05) is 0 Å². The first kappa shape index (κ1) is 13.1. The minimum atomic E-state index is -0.394. The van der Waals surface area contributed by atoms with Gasteiger partial charge in [0.15, 0.2) is 0 Å². The van der Waals surface area contributed by atoms with Crippen LogP contribution in [-0.4, -0.2) is 6.04 Å². The highest BCUT2D eigenvalue weighted by atomic mass is 35.5.